The van der Waals surface area contributed by atoms with Crippen LogP contribution in [0.15, 0.2) is 17.5 Å². The van der Waals surface area contributed by atoms with Crippen molar-refractivity contribution in [1.82, 2.24) is 0 Å². The largest absolute Gasteiger partial charge is 0.330 e. The molecule has 2 rings (SSSR count). The summed E-state index contributed by atoms with van der Waals surface area (Å²) in [6.07, 6.45) is 4.05. The van der Waals surface area contributed by atoms with E-state index in [1.165, 1.54) is 19.3 Å². The van der Waals surface area contributed by atoms with Crippen molar-refractivity contribution in [2.24, 2.45) is 23.5 Å². The van der Waals surface area contributed by atoms with E-state index in [4.69, 9.17) is 5.73 Å². The van der Waals surface area contributed by atoms with E-state index in [1.54, 1.807) is 4.88 Å². The second-order valence-electron chi connectivity index (χ2n) is 5.43. The van der Waals surface area contributed by atoms with Crippen LogP contribution < -0.4 is 5.73 Å². The summed E-state index contributed by atoms with van der Waals surface area (Å²) in [7, 11) is 0. The van der Waals surface area contributed by atoms with E-state index in [0.717, 1.165) is 24.3 Å². The minimum Gasteiger partial charge on any atom is -0.330 e. The molecule has 2 heteroatoms. The monoisotopic (exact) mass is 237 g/mol. The van der Waals surface area contributed by atoms with Crippen molar-refractivity contribution in [2.75, 3.05) is 6.54 Å². The van der Waals surface area contributed by atoms with E-state index in [1.807, 2.05) is 11.3 Å². The van der Waals surface area contributed by atoms with Gasteiger partial charge in [0, 0.05) is 4.88 Å². The van der Waals surface area contributed by atoms with Gasteiger partial charge in [0.15, 0.2) is 0 Å². The van der Waals surface area contributed by atoms with Crippen LogP contribution in [0.1, 0.15) is 43.9 Å². The fourth-order valence-corrected chi connectivity index (χ4v) is 3.94. The Bertz CT molecular complexity index is 305. The molecule has 0 bridgehead atoms. The third-order valence-corrected chi connectivity index (χ3v) is 5.19. The van der Waals surface area contributed by atoms with Crippen LogP contribution in [0.4, 0.5) is 0 Å². The quantitative estimate of drug-likeness (QED) is 0.848. The lowest BCUT2D eigenvalue weighted by atomic mass is 9.70. The summed E-state index contributed by atoms with van der Waals surface area (Å²) in [5.41, 5.74) is 5.93. The zero-order valence-corrected chi connectivity index (χ0v) is 11.2. The second kappa shape index (κ2) is 5.33. The van der Waals surface area contributed by atoms with Gasteiger partial charge in [-0.25, -0.2) is 0 Å². The third-order valence-electron chi connectivity index (χ3n) is 4.19. The molecule has 0 saturated heterocycles. The fraction of sp³-hybridized carbons (Fsp3) is 0.714. The Hall–Kier alpha value is -0.340. The number of nitrogens with two attached hydrogens (primary N) is 1. The van der Waals surface area contributed by atoms with E-state index in [2.05, 4.69) is 31.4 Å². The molecule has 90 valence electrons. The zero-order chi connectivity index (χ0) is 11.5. The van der Waals surface area contributed by atoms with E-state index < -0.39 is 0 Å². The molecule has 16 heavy (non-hydrogen) atoms. The van der Waals surface area contributed by atoms with Gasteiger partial charge in [0.05, 0.1) is 0 Å². The molecule has 0 aromatic carbocycles. The number of rotatable bonds is 3. The van der Waals surface area contributed by atoms with Gasteiger partial charge in [0.25, 0.3) is 0 Å². The van der Waals surface area contributed by atoms with Crippen LogP contribution in [-0.2, 0) is 0 Å². The lowest BCUT2D eigenvalue weighted by molar-refractivity contribution is 0.199. The molecule has 3 atom stereocenters. The Kier molecular flexibility index (Phi) is 4.04. The van der Waals surface area contributed by atoms with Gasteiger partial charge in [-0.1, -0.05) is 19.9 Å². The van der Waals surface area contributed by atoms with Gasteiger partial charge in [-0.05, 0) is 60.9 Å². The zero-order valence-electron chi connectivity index (χ0n) is 10.4. The lowest BCUT2D eigenvalue weighted by Crippen LogP contribution is -2.30. The first-order valence-electron chi connectivity index (χ1n) is 6.45. The summed E-state index contributed by atoms with van der Waals surface area (Å²) >= 11 is 1.91. The third kappa shape index (κ3) is 2.49. The van der Waals surface area contributed by atoms with Gasteiger partial charge in [0.2, 0.25) is 0 Å². The standard InChI is InChI=1S/C14H23NS/c1-10(2)11-5-6-12(9-15)13(8-11)14-4-3-7-16-14/h3-4,7,10-13H,5-6,8-9,15H2,1-2H3. The maximum Gasteiger partial charge on any atom is 0.00795 e. The topological polar surface area (TPSA) is 26.0 Å². The molecule has 0 spiro atoms. The normalized spacial score (nSPS) is 30.9. The SMILES string of the molecule is CC(C)C1CCC(CN)C(c2cccs2)C1. The van der Waals surface area contributed by atoms with Crippen LogP contribution >= 0.6 is 11.3 Å². The Labute approximate surface area is 103 Å². The summed E-state index contributed by atoms with van der Waals surface area (Å²) in [5, 5.41) is 2.20. The molecule has 1 aliphatic carbocycles. The highest BCUT2D eigenvalue weighted by atomic mass is 32.1. The van der Waals surface area contributed by atoms with Gasteiger partial charge in [0.1, 0.15) is 0 Å². The second-order valence-corrected chi connectivity index (χ2v) is 6.41. The maximum absolute atomic E-state index is 5.93. The van der Waals surface area contributed by atoms with Crippen LogP contribution in [0.2, 0.25) is 0 Å². The average molecular weight is 237 g/mol. The number of thiophene rings is 1. The van der Waals surface area contributed by atoms with Crippen molar-refractivity contribution in [3.05, 3.63) is 22.4 Å². The molecule has 1 aliphatic rings. The van der Waals surface area contributed by atoms with E-state index >= 15 is 0 Å². The highest BCUT2D eigenvalue weighted by Gasteiger charge is 2.32. The fourth-order valence-electron chi connectivity index (χ4n) is 3.00. The smallest absolute Gasteiger partial charge is 0.00795 e. The molecule has 1 nitrogen and oxygen atoms in total. The molecule has 0 radical (unpaired) electrons. The molecule has 0 aliphatic heterocycles. The Balaban J connectivity index is 2.11. The highest BCUT2D eigenvalue weighted by Crippen LogP contribution is 2.43. The highest BCUT2D eigenvalue weighted by molar-refractivity contribution is 7.10. The minimum absolute atomic E-state index is 0.716. The molecule has 0 amide bonds. The van der Waals surface area contributed by atoms with Crippen LogP contribution in [0.25, 0.3) is 0 Å². The number of hydrogen-bond acceptors (Lipinski definition) is 2. The predicted molar refractivity (Wildman–Crippen MR) is 71.8 cm³/mol. The van der Waals surface area contributed by atoms with Crippen LogP contribution in [0.3, 0.4) is 0 Å². The van der Waals surface area contributed by atoms with Gasteiger partial charge in [-0.2, -0.15) is 0 Å². The van der Waals surface area contributed by atoms with Gasteiger partial charge < -0.3 is 5.73 Å². The van der Waals surface area contributed by atoms with Gasteiger partial charge in [-0.3, -0.25) is 0 Å². The molecule has 3 unspecified atom stereocenters. The van der Waals surface area contributed by atoms with Crippen molar-refractivity contribution >= 4 is 11.3 Å². The van der Waals surface area contributed by atoms with E-state index in [-0.39, 0.29) is 0 Å². The molecule has 1 fully saturated rings. The lowest BCUT2D eigenvalue weighted by Gasteiger charge is -2.37. The molecule has 1 heterocycles. The van der Waals surface area contributed by atoms with Gasteiger partial charge >= 0.3 is 0 Å². The van der Waals surface area contributed by atoms with Crippen molar-refractivity contribution in [1.29, 1.82) is 0 Å². The summed E-state index contributed by atoms with van der Waals surface area (Å²) in [6.45, 7) is 5.57. The van der Waals surface area contributed by atoms with Crippen LogP contribution in [0, 0.1) is 17.8 Å². The predicted octanol–water partition coefficient (Wildman–Crippen LogP) is 3.86. The molecular formula is C14H23NS. The number of hydrogen-bond donors (Lipinski definition) is 1. The minimum atomic E-state index is 0.716. The Morgan fingerprint density at radius 2 is 2.25 bits per heavy atom. The molecular weight excluding hydrogens is 214 g/mol. The van der Waals surface area contributed by atoms with Crippen LogP contribution in [-0.4, -0.2) is 6.54 Å². The maximum atomic E-state index is 5.93. The molecule has 1 aromatic heterocycles. The van der Waals surface area contributed by atoms with Crippen molar-refractivity contribution in [2.45, 2.75) is 39.0 Å². The van der Waals surface area contributed by atoms with Gasteiger partial charge in [-0.15, -0.1) is 11.3 Å². The Morgan fingerprint density at radius 1 is 1.44 bits per heavy atom. The van der Waals surface area contributed by atoms with Crippen molar-refractivity contribution < 1.29 is 0 Å². The summed E-state index contributed by atoms with van der Waals surface area (Å²) in [4.78, 5) is 1.56. The van der Waals surface area contributed by atoms with Crippen molar-refractivity contribution in [3.63, 3.8) is 0 Å². The summed E-state index contributed by atoms with van der Waals surface area (Å²) in [5.74, 6) is 3.16. The summed E-state index contributed by atoms with van der Waals surface area (Å²) in [6, 6.07) is 4.47. The van der Waals surface area contributed by atoms with E-state index in [0.29, 0.717) is 5.92 Å². The first-order valence-corrected chi connectivity index (χ1v) is 7.33. The van der Waals surface area contributed by atoms with E-state index in [9.17, 15) is 0 Å². The molecule has 1 saturated carbocycles. The summed E-state index contributed by atoms with van der Waals surface area (Å²) < 4.78 is 0. The molecule has 2 N–H and O–H groups in total. The Morgan fingerprint density at radius 3 is 2.81 bits per heavy atom. The van der Waals surface area contributed by atoms with Crippen molar-refractivity contribution in [3.8, 4) is 0 Å². The molecule has 1 aromatic rings. The first-order chi connectivity index (χ1) is 7.72. The first kappa shape index (κ1) is 12.1. The average Bonchev–Trinajstić information content (AvgIpc) is 2.81. The van der Waals surface area contributed by atoms with Crippen LogP contribution in [0.5, 0.6) is 0 Å².